The number of hydrogen-bond acceptors (Lipinski definition) is 4. The predicted molar refractivity (Wildman–Crippen MR) is 124 cm³/mol. The van der Waals surface area contributed by atoms with Crippen molar-refractivity contribution >= 4 is 23.3 Å². The van der Waals surface area contributed by atoms with Crippen molar-refractivity contribution < 1.29 is 14.3 Å². The van der Waals surface area contributed by atoms with Crippen LogP contribution in [0.25, 0.3) is 5.57 Å². The van der Waals surface area contributed by atoms with Crippen LogP contribution in [-0.4, -0.2) is 24.9 Å². The third-order valence-electron chi connectivity index (χ3n) is 5.28. The van der Waals surface area contributed by atoms with Crippen LogP contribution in [0.15, 0.2) is 65.6 Å². The van der Waals surface area contributed by atoms with Crippen LogP contribution in [0.3, 0.4) is 0 Å². The van der Waals surface area contributed by atoms with Crippen molar-refractivity contribution in [1.82, 2.24) is 0 Å². The van der Waals surface area contributed by atoms with Gasteiger partial charge in [0.2, 0.25) is 0 Å². The average molecular weight is 425 g/mol. The molecule has 30 heavy (non-hydrogen) atoms. The molecule has 0 atom stereocenters. The number of allylic oxidation sites excluding steroid dienone is 1. The lowest BCUT2D eigenvalue weighted by Crippen LogP contribution is -2.08. The molecule has 4 heteroatoms. The second-order valence-electron chi connectivity index (χ2n) is 7.61. The van der Waals surface area contributed by atoms with Gasteiger partial charge in [-0.25, -0.2) is 4.79 Å². The third-order valence-corrected chi connectivity index (χ3v) is 6.37. The zero-order valence-corrected chi connectivity index (χ0v) is 18.7. The van der Waals surface area contributed by atoms with E-state index in [1.165, 1.54) is 36.1 Å². The molecule has 2 aromatic carbocycles. The molecule has 0 N–H and O–H groups in total. The van der Waals surface area contributed by atoms with Crippen LogP contribution < -0.4 is 0 Å². The van der Waals surface area contributed by atoms with E-state index in [0.717, 1.165) is 29.9 Å². The Morgan fingerprint density at radius 2 is 1.80 bits per heavy atom. The lowest BCUT2D eigenvalue weighted by Gasteiger charge is -2.11. The lowest BCUT2D eigenvalue weighted by molar-refractivity contribution is -0.136. The van der Waals surface area contributed by atoms with Crippen LogP contribution in [-0.2, 0) is 20.9 Å². The van der Waals surface area contributed by atoms with Crippen molar-refractivity contribution in [3.63, 3.8) is 0 Å². The van der Waals surface area contributed by atoms with Gasteiger partial charge in [0.05, 0.1) is 18.8 Å². The highest BCUT2D eigenvalue weighted by molar-refractivity contribution is 7.99. The molecular weight excluding hydrogens is 392 g/mol. The quantitative estimate of drug-likeness (QED) is 0.178. The number of benzene rings is 2. The highest BCUT2D eigenvalue weighted by Gasteiger charge is 2.19. The van der Waals surface area contributed by atoms with Gasteiger partial charge in [-0.15, -0.1) is 11.8 Å². The van der Waals surface area contributed by atoms with Crippen LogP contribution in [0.5, 0.6) is 0 Å². The van der Waals surface area contributed by atoms with E-state index >= 15 is 0 Å². The van der Waals surface area contributed by atoms with Crippen LogP contribution in [0.2, 0.25) is 0 Å². The van der Waals surface area contributed by atoms with Gasteiger partial charge >= 0.3 is 5.97 Å². The molecule has 1 saturated carbocycles. The van der Waals surface area contributed by atoms with E-state index in [0.29, 0.717) is 19.1 Å². The molecule has 1 aliphatic carbocycles. The van der Waals surface area contributed by atoms with E-state index in [9.17, 15) is 4.79 Å². The SMILES string of the molecule is CCOC(=O)C(=CC1CCCC1)c1ccc(SCCCOCc2ccccc2)cc1. The van der Waals surface area contributed by atoms with Crippen molar-refractivity contribution in [1.29, 1.82) is 0 Å². The van der Waals surface area contributed by atoms with Crippen LogP contribution in [0.1, 0.15) is 50.2 Å². The zero-order chi connectivity index (χ0) is 21.0. The molecule has 1 fully saturated rings. The van der Waals surface area contributed by atoms with Crippen LogP contribution >= 0.6 is 11.8 Å². The Bertz CT molecular complexity index is 793. The van der Waals surface area contributed by atoms with Gasteiger partial charge in [-0.05, 0) is 55.4 Å². The van der Waals surface area contributed by atoms with Gasteiger partial charge in [0.15, 0.2) is 0 Å². The first-order valence-corrected chi connectivity index (χ1v) is 12.0. The second-order valence-corrected chi connectivity index (χ2v) is 8.78. The van der Waals surface area contributed by atoms with E-state index in [-0.39, 0.29) is 5.97 Å². The molecule has 3 nitrogen and oxygen atoms in total. The van der Waals surface area contributed by atoms with Crippen molar-refractivity contribution in [3.05, 3.63) is 71.8 Å². The molecule has 0 aromatic heterocycles. The topological polar surface area (TPSA) is 35.5 Å². The monoisotopic (exact) mass is 424 g/mol. The van der Waals surface area contributed by atoms with Crippen LogP contribution in [0.4, 0.5) is 0 Å². The van der Waals surface area contributed by atoms with E-state index in [2.05, 4.69) is 30.3 Å². The van der Waals surface area contributed by atoms with Gasteiger partial charge in [-0.1, -0.05) is 61.4 Å². The first kappa shape index (κ1) is 22.6. The summed E-state index contributed by atoms with van der Waals surface area (Å²) in [5.74, 6) is 1.30. The van der Waals surface area contributed by atoms with E-state index < -0.39 is 0 Å². The number of hydrogen-bond donors (Lipinski definition) is 0. The van der Waals surface area contributed by atoms with E-state index in [4.69, 9.17) is 9.47 Å². The first-order chi connectivity index (χ1) is 14.8. The average Bonchev–Trinajstić information content (AvgIpc) is 3.29. The molecule has 0 heterocycles. The summed E-state index contributed by atoms with van der Waals surface area (Å²) in [6.07, 6.45) is 7.99. The molecule has 3 rings (SSSR count). The number of ether oxygens (including phenoxy) is 2. The van der Waals surface area contributed by atoms with Gasteiger partial charge in [-0.3, -0.25) is 0 Å². The molecular formula is C26H32O3S. The summed E-state index contributed by atoms with van der Waals surface area (Å²) in [5.41, 5.74) is 2.88. The number of carbonyl (C=O) groups is 1. The maximum atomic E-state index is 12.5. The molecule has 0 radical (unpaired) electrons. The lowest BCUT2D eigenvalue weighted by atomic mass is 9.99. The Hall–Kier alpha value is -2.04. The van der Waals surface area contributed by atoms with Gasteiger partial charge in [0.25, 0.3) is 0 Å². The maximum absolute atomic E-state index is 12.5. The van der Waals surface area contributed by atoms with Crippen molar-refractivity contribution in [2.75, 3.05) is 19.0 Å². The summed E-state index contributed by atoms with van der Waals surface area (Å²) in [4.78, 5) is 13.7. The Morgan fingerprint density at radius 1 is 1.07 bits per heavy atom. The third kappa shape index (κ3) is 7.33. The Balaban J connectivity index is 1.47. The molecule has 160 valence electrons. The van der Waals surface area contributed by atoms with E-state index in [1.54, 1.807) is 0 Å². The Kier molecular flexibility index (Phi) is 9.52. The highest BCUT2D eigenvalue weighted by atomic mass is 32.2. The first-order valence-electron chi connectivity index (χ1n) is 11.0. The van der Waals surface area contributed by atoms with Crippen LogP contribution in [0, 0.1) is 5.92 Å². The largest absolute Gasteiger partial charge is 0.462 e. The van der Waals surface area contributed by atoms with Crippen molar-refractivity contribution in [3.8, 4) is 0 Å². The fraction of sp³-hybridized carbons (Fsp3) is 0.423. The molecule has 2 aromatic rings. The highest BCUT2D eigenvalue weighted by Crippen LogP contribution is 2.30. The minimum Gasteiger partial charge on any atom is -0.462 e. The second kappa shape index (κ2) is 12.6. The molecule has 0 amide bonds. The number of thioether (sulfide) groups is 1. The van der Waals surface area contributed by atoms with Gasteiger partial charge in [0.1, 0.15) is 0 Å². The summed E-state index contributed by atoms with van der Waals surface area (Å²) in [7, 11) is 0. The summed E-state index contributed by atoms with van der Waals surface area (Å²) in [5, 5.41) is 0. The minimum absolute atomic E-state index is 0.208. The number of rotatable bonds is 11. The molecule has 0 unspecified atom stereocenters. The Labute approximate surface area is 184 Å². The molecule has 0 spiro atoms. The Morgan fingerprint density at radius 3 is 2.50 bits per heavy atom. The summed E-state index contributed by atoms with van der Waals surface area (Å²) in [6.45, 7) is 3.69. The summed E-state index contributed by atoms with van der Waals surface area (Å²) in [6, 6.07) is 18.6. The predicted octanol–water partition coefficient (Wildman–Crippen LogP) is 6.52. The summed E-state index contributed by atoms with van der Waals surface area (Å²) >= 11 is 1.82. The summed E-state index contributed by atoms with van der Waals surface area (Å²) < 4.78 is 11.1. The minimum atomic E-state index is -0.208. The zero-order valence-electron chi connectivity index (χ0n) is 17.8. The number of esters is 1. The smallest absolute Gasteiger partial charge is 0.338 e. The van der Waals surface area contributed by atoms with Gasteiger partial charge in [-0.2, -0.15) is 0 Å². The fourth-order valence-corrected chi connectivity index (χ4v) is 4.52. The van der Waals surface area contributed by atoms with Crippen molar-refractivity contribution in [2.45, 2.75) is 50.5 Å². The molecule has 0 bridgehead atoms. The normalized spacial score (nSPS) is 14.8. The molecule has 1 aliphatic rings. The molecule has 0 aliphatic heterocycles. The molecule has 0 saturated heterocycles. The van der Waals surface area contributed by atoms with Crippen molar-refractivity contribution in [2.24, 2.45) is 5.92 Å². The van der Waals surface area contributed by atoms with E-state index in [1.807, 2.05) is 49.0 Å². The fourth-order valence-electron chi connectivity index (χ4n) is 3.70. The van der Waals surface area contributed by atoms with Gasteiger partial charge in [0, 0.05) is 17.3 Å². The van der Waals surface area contributed by atoms with Gasteiger partial charge < -0.3 is 9.47 Å². The number of carbonyl (C=O) groups excluding carboxylic acids is 1. The maximum Gasteiger partial charge on any atom is 0.338 e. The standard InChI is InChI=1S/C26H32O3S/c1-2-29-26(27)25(19-21-9-6-7-10-21)23-13-15-24(16-14-23)30-18-8-17-28-20-22-11-4-3-5-12-22/h3-5,11-16,19,21H,2,6-10,17-18,20H2,1H3.